The maximum atomic E-state index is 12.6. The minimum Gasteiger partial charge on any atom is -0.311 e. The van der Waals surface area contributed by atoms with Crippen LogP contribution < -0.4 is 0 Å². The molecule has 2 saturated heterocycles. The fourth-order valence-electron chi connectivity index (χ4n) is 4.28. The molecule has 5 nitrogen and oxygen atoms in total. The van der Waals surface area contributed by atoms with Crippen LogP contribution in [-0.4, -0.2) is 59.2 Å². The maximum Gasteiger partial charge on any atom is 0.327 e. The predicted molar refractivity (Wildman–Crippen MR) is 115 cm³/mol. The highest BCUT2D eigenvalue weighted by Crippen LogP contribution is 2.24. The van der Waals surface area contributed by atoms with E-state index in [0.29, 0.717) is 4.90 Å². The summed E-state index contributed by atoms with van der Waals surface area (Å²) in [6.07, 6.45) is 1.14. The fraction of sp³-hybridized carbons (Fsp3) is 0.417. The van der Waals surface area contributed by atoms with Gasteiger partial charge in [-0.3, -0.25) is 14.6 Å². The van der Waals surface area contributed by atoms with Crippen LogP contribution in [0.4, 0.5) is 13.6 Å². The number of rotatable bonds is 7. The van der Waals surface area contributed by atoms with Gasteiger partial charge < -0.3 is 4.90 Å². The molecule has 164 valence electrons. The van der Waals surface area contributed by atoms with E-state index in [2.05, 4.69) is 29.2 Å². The van der Waals surface area contributed by atoms with Crippen LogP contribution in [-0.2, 0) is 17.9 Å². The SMILES string of the molecule is O=C1CN(Cc2ccc(-c3cccc(CN4CCCCC4)c3)cc2)C(=O)N1CC(F)F. The zero-order chi connectivity index (χ0) is 21.8. The molecule has 0 bridgehead atoms. The summed E-state index contributed by atoms with van der Waals surface area (Å²) in [5.74, 6) is -0.576. The number of carbonyl (C=O) groups excluding carboxylic acids is 2. The van der Waals surface area contributed by atoms with E-state index in [-0.39, 0.29) is 13.1 Å². The Morgan fingerprint density at radius 2 is 1.58 bits per heavy atom. The van der Waals surface area contributed by atoms with Crippen molar-refractivity contribution in [2.45, 2.75) is 38.8 Å². The van der Waals surface area contributed by atoms with Crippen LogP contribution in [0.1, 0.15) is 30.4 Å². The minimum absolute atomic E-state index is 0.161. The quantitative estimate of drug-likeness (QED) is 0.617. The number of urea groups is 1. The molecule has 0 unspecified atom stereocenters. The fourth-order valence-corrected chi connectivity index (χ4v) is 4.28. The van der Waals surface area contributed by atoms with Crippen LogP contribution in [0, 0.1) is 0 Å². The van der Waals surface area contributed by atoms with Gasteiger partial charge in [-0.05, 0) is 54.3 Å². The molecule has 0 radical (unpaired) electrons. The summed E-state index contributed by atoms with van der Waals surface area (Å²) >= 11 is 0. The molecule has 2 fully saturated rings. The van der Waals surface area contributed by atoms with Crippen molar-refractivity contribution in [1.82, 2.24) is 14.7 Å². The monoisotopic (exact) mass is 427 g/mol. The van der Waals surface area contributed by atoms with E-state index in [1.54, 1.807) is 0 Å². The lowest BCUT2D eigenvalue weighted by atomic mass is 10.0. The van der Waals surface area contributed by atoms with Gasteiger partial charge in [0.2, 0.25) is 0 Å². The summed E-state index contributed by atoms with van der Waals surface area (Å²) in [5.41, 5.74) is 4.36. The van der Waals surface area contributed by atoms with Crippen LogP contribution >= 0.6 is 0 Å². The molecule has 2 aliphatic heterocycles. The maximum absolute atomic E-state index is 12.6. The molecular formula is C24H27F2N3O2. The third kappa shape index (κ3) is 5.28. The van der Waals surface area contributed by atoms with E-state index >= 15 is 0 Å². The van der Waals surface area contributed by atoms with Crippen LogP contribution in [0.5, 0.6) is 0 Å². The molecule has 4 rings (SSSR count). The number of hydrogen-bond donors (Lipinski definition) is 0. The molecule has 31 heavy (non-hydrogen) atoms. The number of amides is 3. The van der Waals surface area contributed by atoms with Gasteiger partial charge in [0, 0.05) is 13.1 Å². The van der Waals surface area contributed by atoms with Crippen molar-refractivity contribution in [3.05, 3.63) is 59.7 Å². The molecule has 2 aliphatic rings. The lowest BCUT2D eigenvalue weighted by Gasteiger charge is -2.26. The zero-order valence-electron chi connectivity index (χ0n) is 17.5. The Morgan fingerprint density at radius 3 is 2.29 bits per heavy atom. The Morgan fingerprint density at radius 1 is 0.839 bits per heavy atom. The normalized spacial score (nSPS) is 17.8. The molecule has 0 aliphatic carbocycles. The predicted octanol–water partition coefficient (Wildman–Crippen LogP) is 4.37. The van der Waals surface area contributed by atoms with Crippen molar-refractivity contribution in [2.75, 3.05) is 26.2 Å². The summed E-state index contributed by atoms with van der Waals surface area (Å²) in [6.45, 7) is 2.50. The van der Waals surface area contributed by atoms with Gasteiger partial charge in [-0.2, -0.15) is 0 Å². The van der Waals surface area contributed by atoms with Crippen LogP contribution in [0.2, 0.25) is 0 Å². The standard InChI is InChI=1S/C24H27F2N3O2/c25-22(26)16-29-23(30)17-28(24(29)31)15-18-7-9-20(10-8-18)21-6-4-5-19(13-21)14-27-11-2-1-3-12-27/h4-10,13,22H,1-3,11-12,14-17H2. The largest absolute Gasteiger partial charge is 0.327 e. The van der Waals surface area contributed by atoms with E-state index in [0.717, 1.165) is 36.3 Å². The molecular weight excluding hydrogens is 400 g/mol. The number of benzene rings is 2. The van der Waals surface area contributed by atoms with E-state index in [9.17, 15) is 18.4 Å². The van der Waals surface area contributed by atoms with Gasteiger partial charge in [-0.1, -0.05) is 48.9 Å². The van der Waals surface area contributed by atoms with Crippen LogP contribution in [0.25, 0.3) is 11.1 Å². The summed E-state index contributed by atoms with van der Waals surface area (Å²) in [7, 11) is 0. The van der Waals surface area contributed by atoms with Crippen molar-refractivity contribution in [2.24, 2.45) is 0 Å². The number of alkyl halides is 2. The Kier molecular flexibility index (Phi) is 6.61. The van der Waals surface area contributed by atoms with Gasteiger partial charge in [-0.25, -0.2) is 13.6 Å². The van der Waals surface area contributed by atoms with Gasteiger partial charge in [0.15, 0.2) is 0 Å². The summed E-state index contributed by atoms with van der Waals surface area (Å²) in [5, 5.41) is 0. The molecule has 2 heterocycles. The van der Waals surface area contributed by atoms with Gasteiger partial charge >= 0.3 is 6.03 Å². The molecule has 7 heteroatoms. The van der Waals surface area contributed by atoms with Gasteiger partial charge in [-0.15, -0.1) is 0 Å². The minimum atomic E-state index is -2.72. The van der Waals surface area contributed by atoms with E-state index < -0.39 is 24.9 Å². The third-order valence-electron chi connectivity index (χ3n) is 5.89. The van der Waals surface area contributed by atoms with Gasteiger partial charge in [0.1, 0.15) is 6.54 Å². The van der Waals surface area contributed by atoms with Crippen molar-refractivity contribution in [3.8, 4) is 11.1 Å². The number of likely N-dealkylation sites (tertiary alicyclic amines) is 1. The number of halogens is 2. The Bertz CT molecular complexity index is 927. The number of piperidine rings is 1. The van der Waals surface area contributed by atoms with Gasteiger partial charge in [0.05, 0.1) is 6.54 Å². The average molecular weight is 427 g/mol. The zero-order valence-corrected chi connectivity index (χ0v) is 17.5. The van der Waals surface area contributed by atoms with Crippen molar-refractivity contribution in [3.63, 3.8) is 0 Å². The first-order valence-corrected chi connectivity index (χ1v) is 10.8. The Labute approximate surface area is 181 Å². The molecule has 3 amide bonds. The molecule has 2 aromatic carbocycles. The number of carbonyl (C=O) groups is 2. The number of hydrogen-bond acceptors (Lipinski definition) is 3. The van der Waals surface area contributed by atoms with Crippen LogP contribution in [0.3, 0.4) is 0 Å². The van der Waals surface area contributed by atoms with E-state index in [4.69, 9.17) is 0 Å². The van der Waals surface area contributed by atoms with Gasteiger partial charge in [0.25, 0.3) is 12.3 Å². The number of nitrogens with zero attached hydrogens (tertiary/aromatic N) is 3. The van der Waals surface area contributed by atoms with E-state index in [1.165, 1.54) is 29.7 Å². The van der Waals surface area contributed by atoms with Crippen molar-refractivity contribution in [1.29, 1.82) is 0 Å². The highest BCUT2D eigenvalue weighted by molar-refractivity contribution is 6.02. The first-order valence-electron chi connectivity index (χ1n) is 10.8. The Hall–Kier alpha value is -2.80. The average Bonchev–Trinajstić information content (AvgIpc) is 3.02. The van der Waals surface area contributed by atoms with E-state index in [1.807, 2.05) is 24.3 Å². The molecule has 0 saturated carbocycles. The smallest absolute Gasteiger partial charge is 0.311 e. The van der Waals surface area contributed by atoms with Crippen molar-refractivity contribution >= 4 is 11.9 Å². The lowest BCUT2D eigenvalue weighted by molar-refractivity contribution is -0.126. The van der Waals surface area contributed by atoms with Crippen molar-refractivity contribution < 1.29 is 18.4 Å². The first kappa shape index (κ1) is 21.4. The summed E-state index contributed by atoms with van der Waals surface area (Å²) in [6, 6.07) is 15.7. The molecule has 2 aromatic rings. The topological polar surface area (TPSA) is 43.9 Å². The second kappa shape index (κ2) is 9.56. The summed E-state index contributed by atoms with van der Waals surface area (Å²) in [4.78, 5) is 28.5. The highest BCUT2D eigenvalue weighted by Gasteiger charge is 2.37. The molecule has 0 aromatic heterocycles. The highest BCUT2D eigenvalue weighted by atomic mass is 19.3. The Balaban J connectivity index is 1.40. The number of imide groups is 1. The molecule has 0 atom stereocenters. The molecule has 0 spiro atoms. The molecule has 0 N–H and O–H groups in total. The lowest BCUT2D eigenvalue weighted by Crippen LogP contribution is -2.36. The van der Waals surface area contributed by atoms with Crippen LogP contribution in [0.15, 0.2) is 48.5 Å². The second-order valence-electron chi connectivity index (χ2n) is 8.27. The second-order valence-corrected chi connectivity index (χ2v) is 8.27. The summed E-state index contributed by atoms with van der Waals surface area (Å²) < 4.78 is 25.2. The first-order chi connectivity index (χ1) is 15.0. The third-order valence-corrected chi connectivity index (χ3v) is 5.89.